The standard InChI is InChI=1S/C41H51N3.C36H40N2/c1-8-42(9-2)37-24-18-34(19-25-37)40(33-16-14-32(7)15-17-33)30-31-41(35-20-26-38(27-21-35)43(10-3)11-4)36-22-28-39(29-23-36)44(12-5)13-6;1-5-37(6-2)33-23-19-31(20-24-33)36(32-21-25-34(26-22-32)38(7-3)8-4)28-27-35(29-15-11-9-12-16-29)30-17-13-10-14-18-30/h14-31H,8-13H2,1-7H3;9-28H,5-8H2,1-4H3. The third kappa shape index (κ3) is 16.0. The molecule has 0 aromatic heterocycles. The number of aryl methyl sites for hydroxylation is 1. The van der Waals surface area contributed by atoms with Crippen molar-refractivity contribution in [3.05, 3.63) is 281 Å². The monoisotopic (exact) mass is 1090 g/mol. The topological polar surface area (TPSA) is 16.2 Å². The van der Waals surface area contributed by atoms with Crippen molar-refractivity contribution in [2.75, 3.05) is 89.9 Å². The molecular formula is C77H91N5. The van der Waals surface area contributed by atoms with Gasteiger partial charge in [0, 0.05) is 93.9 Å². The van der Waals surface area contributed by atoms with Crippen LogP contribution in [0.25, 0.3) is 22.3 Å². The number of benzene rings is 8. The summed E-state index contributed by atoms with van der Waals surface area (Å²) in [6, 6.07) is 75.4. The van der Waals surface area contributed by atoms with Crippen LogP contribution in [-0.4, -0.2) is 65.4 Å². The smallest absolute Gasteiger partial charge is 0.0366 e. The maximum Gasteiger partial charge on any atom is 0.0366 e. The molecule has 0 aliphatic carbocycles. The van der Waals surface area contributed by atoms with Crippen molar-refractivity contribution in [2.45, 2.75) is 76.2 Å². The minimum absolute atomic E-state index is 1.00. The molecule has 0 saturated heterocycles. The molecule has 8 aromatic rings. The Morgan fingerprint density at radius 3 is 0.549 bits per heavy atom. The largest absolute Gasteiger partial charge is 0.372 e. The molecule has 0 atom stereocenters. The highest BCUT2D eigenvalue weighted by Crippen LogP contribution is 2.33. The van der Waals surface area contributed by atoms with E-state index in [4.69, 9.17) is 0 Å². The summed E-state index contributed by atoms with van der Waals surface area (Å²) in [5.41, 5.74) is 22.2. The lowest BCUT2D eigenvalue weighted by Crippen LogP contribution is -2.21. The molecule has 424 valence electrons. The molecule has 82 heavy (non-hydrogen) atoms. The highest BCUT2D eigenvalue weighted by Gasteiger charge is 2.14. The van der Waals surface area contributed by atoms with Crippen molar-refractivity contribution in [1.29, 1.82) is 0 Å². The zero-order chi connectivity index (χ0) is 58.2. The van der Waals surface area contributed by atoms with Crippen LogP contribution in [0.2, 0.25) is 0 Å². The van der Waals surface area contributed by atoms with E-state index < -0.39 is 0 Å². The first-order valence-corrected chi connectivity index (χ1v) is 30.4. The third-order valence-electron chi connectivity index (χ3n) is 15.9. The third-order valence-corrected chi connectivity index (χ3v) is 15.9. The van der Waals surface area contributed by atoms with Crippen molar-refractivity contribution in [1.82, 2.24) is 0 Å². The lowest BCUT2D eigenvalue weighted by Gasteiger charge is -2.22. The van der Waals surface area contributed by atoms with Crippen molar-refractivity contribution in [3.8, 4) is 0 Å². The SMILES string of the molecule is CCN(CC)c1ccc(C(=CC=C(c2ccc(N(CC)CC)cc2)c2ccc(N(CC)CC)cc2)c2ccc(C)cc2)cc1.CCN(CC)c1ccc(C(=CC=C(c2ccccc2)c2ccccc2)c2ccc(N(CC)CC)cc2)cc1. The lowest BCUT2D eigenvalue weighted by atomic mass is 9.93. The summed E-state index contributed by atoms with van der Waals surface area (Å²) < 4.78 is 0. The summed E-state index contributed by atoms with van der Waals surface area (Å²) in [6.45, 7) is 34.3. The van der Waals surface area contributed by atoms with E-state index in [-0.39, 0.29) is 0 Å². The Hall–Kier alpha value is -8.28. The fourth-order valence-corrected chi connectivity index (χ4v) is 10.9. The van der Waals surface area contributed by atoms with Gasteiger partial charge in [-0.3, -0.25) is 0 Å². The summed E-state index contributed by atoms with van der Waals surface area (Å²) in [5.74, 6) is 0. The molecule has 8 aromatic carbocycles. The Morgan fingerprint density at radius 2 is 0.378 bits per heavy atom. The Labute approximate surface area is 494 Å². The maximum atomic E-state index is 2.39. The van der Waals surface area contributed by atoms with Crippen LogP contribution >= 0.6 is 0 Å². The fourth-order valence-electron chi connectivity index (χ4n) is 10.9. The molecule has 0 heterocycles. The van der Waals surface area contributed by atoms with Gasteiger partial charge in [0.05, 0.1) is 0 Å². The van der Waals surface area contributed by atoms with Gasteiger partial charge in [0.25, 0.3) is 0 Å². The number of rotatable bonds is 25. The molecule has 0 N–H and O–H groups in total. The van der Waals surface area contributed by atoms with Crippen LogP contribution in [-0.2, 0) is 0 Å². The molecule has 0 spiro atoms. The molecule has 0 aliphatic rings. The van der Waals surface area contributed by atoms with Gasteiger partial charge in [-0.25, -0.2) is 0 Å². The van der Waals surface area contributed by atoms with Gasteiger partial charge >= 0.3 is 0 Å². The Kier molecular flexibility index (Phi) is 23.7. The molecule has 0 radical (unpaired) electrons. The Bertz CT molecular complexity index is 3090. The van der Waals surface area contributed by atoms with Crippen LogP contribution < -0.4 is 24.5 Å². The summed E-state index contributed by atoms with van der Waals surface area (Å²) in [6.07, 6.45) is 9.18. The van der Waals surface area contributed by atoms with Crippen molar-refractivity contribution in [3.63, 3.8) is 0 Å². The van der Waals surface area contributed by atoms with Gasteiger partial charge in [0.1, 0.15) is 0 Å². The van der Waals surface area contributed by atoms with E-state index in [0.717, 1.165) is 65.4 Å². The van der Waals surface area contributed by atoms with Gasteiger partial charge < -0.3 is 24.5 Å². The second kappa shape index (κ2) is 31.6. The number of nitrogens with zero attached hydrogens (tertiary/aromatic N) is 5. The van der Waals surface area contributed by atoms with E-state index in [1.54, 1.807) is 0 Å². The van der Waals surface area contributed by atoms with Crippen LogP contribution in [0.1, 0.15) is 119 Å². The second-order valence-corrected chi connectivity index (χ2v) is 20.5. The predicted molar refractivity (Wildman–Crippen MR) is 362 cm³/mol. The van der Waals surface area contributed by atoms with E-state index in [1.807, 2.05) is 0 Å². The molecule has 0 aliphatic heterocycles. The molecule has 0 bridgehead atoms. The fraction of sp³-hybridized carbons (Fsp3) is 0.273. The molecule has 0 amide bonds. The van der Waals surface area contributed by atoms with Gasteiger partial charge in [-0.05, 0) is 204 Å². The normalized spacial score (nSPS) is 10.9. The van der Waals surface area contributed by atoms with Crippen molar-refractivity contribution in [2.24, 2.45) is 0 Å². The molecular weight excluding hydrogens is 995 g/mol. The van der Waals surface area contributed by atoms with Crippen LogP contribution in [0.4, 0.5) is 28.4 Å². The van der Waals surface area contributed by atoms with Gasteiger partial charge in [0.2, 0.25) is 0 Å². The van der Waals surface area contributed by atoms with E-state index in [0.29, 0.717) is 0 Å². The Morgan fingerprint density at radius 1 is 0.220 bits per heavy atom. The molecule has 8 rings (SSSR count). The van der Waals surface area contributed by atoms with Gasteiger partial charge in [-0.15, -0.1) is 0 Å². The minimum Gasteiger partial charge on any atom is -0.372 e. The summed E-state index contributed by atoms with van der Waals surface area (Å²) in [5, 5.41) is 0. The van der Waals surface area contributed by atoms with Crippen molar-refractivity contribution < 1.29 is 0 Å². The first-order chi connectivity index (χ1) is 40.1. The number of hydrogen-bond acceptors (Lipinski definition) is 5. The molecule has 0 saturated carbocycles. The predicted octanol–water partition coefficient (Wildman–Crippen LogP) is 19.0. The number of allylic oxidation sites excluding steroid dienone is 4. The van der Waals surface area contributed by atoms with Crippen LogP contribution in [0.5, 0.6) is 0 Å². The quantitative estimate of drug-likeness (QED) is 0.0529. The zero-order valence-corrected chi connectivity index (χ0v) is 51.2. The first-order valence-electron chi connectivity index (χ1n) is 30.4. The van der Waals surface area contributed by atoms with Gasteiger partial charge in [-0.2, -0.15) is 0 Å². The van der Waals surface area contributed by atoms with Gasteiger partial charge in [-0.1, -0.05) is 175 Å². The van der Waals surface area contributed by atoms with E-state index in [9.17, 15) is 0 Å². The number of anilines is 5. The summed E-state index contributed by atoms with van der Waals surface area (Å²) >= 11 is 0. The highest BCUT2D eigenvalue weighted by atomic mass is 15.1. The zero-order valence-electron chi connectivity index (χ0n) is 51.2. The molecule has 5 heteroatoms. The van der Waals surface area contributed by atoms with Crippen LogP contribution in [0, 0.1) is 6.92 Å². The van der Waals surface area contributed by atoms with Crippen molar-refractivity contribution >= 4 is 50.7 Å². The van der Waals surface area contributed by atoms with Gasteiger partial charge in [0.15, 0.2) is 0 Å². The first kappa shape index (κ1) is 61.3. The molecule has 0 fully saturated rings. The second-order valence-electron chi connectivity index (χ2n) is 20.5. The summed E-state index contributed by atoms with van der Waals surface area (Å²) in [7, 11) is 0. The average molecular weight is 1090 g/mol. The average Bonchev–Trinajstić information content (AvgIpc) is 3.72. The summed E-state index contributed by atoms with van der Waals surface area (Å²) in [4.78, 5) is 11.9. The maximum absolute atomic E-state index is 2.39. The van der Waals surface area contributed by atoms with Crippen LogP contribution in [0.3, 0.4) is 0 Å². The minimum atomic E-state index is 1.00. The highest BCUT2D eigenvalue weighted by molar-refractivity contribution is 5.89. The number of hydrogen-bond donors (Lipinski definition) is 0. The molecule has 0 unspecified atom stereocenters. The lowest BCUT2D eigenvalue weighted by molar-refractivity contribution is 0.866. The van der Waals surface area contributed by atoms with Crippen LogP contribution in [0.15, 0.2) is 231 Å². The van der Waals surface area contributed by atoms with E-state index in [2.05, 4.69) is 331 Å². The molecule has 5 nitrogen and oxygen atoms in total. The van der Waals surface area contributed by atoms with E-state index in [1.165, 1.54) is 101 Å². The van der Waals surface area contributed by atoms with E-state index >= 15 is 0 Å². The Balaban J connectivity index is 0.000000239.